The molecular formula is C14H19ClN2O. The van der Waals surface area contributed by atoms with Gasteiger partial charge >= 0.3 is 0 Å². The third kappa shape index (κ3) is 3.72. The molecule has 1 N–H and O–H groups in total. The van der Waals surface area contributed by atoms with E-state index in [1.54, 1.807) is 0 Å². The Kier molecular flexibility index (Phi) is 4.61. The van der Waals surface area contributed by atoms with Gasteiger partial charge in [-0.3, -0.25) is 4.79 Å². The van der Waals surface area contributed by atoms with Crippen molar-refractivity contribution in [3.63, 3.8) is 0 Å². The standard InChI is InChI=1S/C14H19ClN2O/c1-16-9-8-14(18)17(13-6-7-13)10-11-2-4-12(15)5-3-11/h2-5,13,16H,6-10H2,1H3. The highest BCUT2D eigenvalue weighted by Crippen LogP contribution is 2.29. The summed E-state index contributed by atoms with van der Waals surface area (Å²) in [7, 11) is 1.87. The second kappa shape index (κ2) is 6.21. The van der Waals surface area contributed by atoms with Gasteiger partial charge in [0.2, 0.25) is 5.91 Å². The zero-order valence-corrected chi connectivity index (χ0v) is 11.4. The van der Waals surface area contributed by atoms with E-state index in [2.05, 4.69) is 5.32 Å². The van der Waals surface area contributed by atoms with Crippen molar-refractivity contribution in [3.05, 3.63) is 34.9 Å². The molecular weight excluding hydrogens is 248 g/mol. The maximum absolute atomic E-state index is 12.1. The molecule has 0 aliphatic heterocycles. The average Bonchev–Trinajstić information content (AvgIpc) is 3.19. The molecule has 1 fully saturated rings. The summed E-state index contributed by atoms with van der Waals surface area (Å²) >= 11 is 5.87. The molecule has 0 unspecified atom stereocenters. The van der Waals surface area contributed by atoms with Crippen LogP contribution in [0.15, 0.2) is 24.3 Å². The molecule has 1 aromatic carbocycles. The van der Waals surface area contributed by atoms with E-state index in [9.17, 15) is 4.79 Å². The normalized spacial score (nSPS) is 14.6. The highest BCUT2D eigenvalue weighted by atomic mass is 35.5. The predicted molar refractivity (Wildman–Crippen MR) is 73.6 cm³/mol. The summed E-state index contributed by atoms with van der Waals surface area (Å²) in [4.78, 5) is 14.1. The first kappa shape index (κ1) is 13.4. The van der Waals surface area contributed by atoms with Gasteiger partial charge in [-0.05, 0) is 37.6 Å². The summed E-state index contributed by atoms with van der Waals surface area (Å²) in [5.74, 6) is 0.238. The smallest absolute Gasteiger partial charge is 0.224 e. The third-order valence-electron chi connectivity index (χ3n) is 3.16. The molecule has 0 heterocycles. The van der Waals surface area contributed by atoms with Gasteiger partial charge < -0.3 is 10.2 Å². The molecule has 0 saturated heterocycles. The Morgan fingerprint density at radius 1 is 1.39 bits per heavy atom. The van der Waals surface area contributed by atoms with Gasteiger partial charge in [-0.1, -0.05) is 23.7 Å². The largest absolute Gasteiger partial charge is 0.335 e. The van der Waals surface area contributed by atoms with Crippen molar-refractivity contribution >= 4 is 17.5 Å². The Morgan fingerprint density at radius 2 is 2.06 bits per heavy atom. The fourth-order valence-corrected chi connectivity index (χ4v) is 2.10. The van der Waals surface area contributed by atoms with Crippen molar-refractivity contribution in [2.45, 2.75) is 31.8 Å². The number of hydrogen-bond donors (Lipinski definition) is 1. The lowest BCUT2D eigenvalue weighted by Crippen LogP contribution is -2.34. The van der Waals surface area contributed by atoms with Gasteiger partial charge in [0.1, 0.15) is 0 Å². The van der Waals surface area contributed by atoms with Crippen LogP contribution in [0.25, 0.3) is 0 Å². The van der Waals surface area contributed by atoms with Gasteiger partial charge in [0, 0.05) is 30.6 Å². The minimum Gasteiger partial charge on any atom is -0.335 e. The lowest BCUT2D eigenvalue weighted by atomic mass is 10.2. The second-order valence-corrected chi connectivity index (χ2v) is 5.17. The predicted octanol–water partition coefficient (Wildman–Crippen LogP) is 2.44. The summed E-state index contributed by atoms with van der Waals surface area (Å²) in [5.41, 5.74) is 1.14. The van der Waals surface area contributed by atoms with Gasteiger partial charge in [0.15, 0.2) is 0 Å². The third-order valence-corrected chi connectivity index (χ3v) is 3.42. The molecule has 0 bridgehead atoms. The van der Waals surface area contributed by atoms with E-state index in [0.717, 1.165) is 30.0 Å². The molecule has 1 aliphatic rings. The van der Waals surface area contributed by atoms with Crippen LogP contribution >= 0.6 is 11.6 Å². The number of hydrogen-bond acceptors (Lipinski definition) is 2. The van der Waals surface area contributed by atoms with Crippen molar-refractivity contribution in [2.24, 2.45) is 0 Å². The SMILES string of the molecule is CNCCC(=O)N(Cc1ccc(Cl)cc1)C1CC1. The molecule has 1 aliphatic carbocycles. The molecule has 0 atom stereocenters. The van der Waals surface area contributed by atoms with Crippen molar-refractivity contribution in [2.75, 3.05) is 13.6 Å². The zero-order chi connectivity index (χ0) is 13.0. The number of benzene rings is 1. The molecule has 0 radical (unpaired) electrons. The van der Waals surface area contributed by atoms with Crippen molar-refractivity contribution in [1.82, 2.24) is 10.2 Å². The average molecular weight is 267 g/mol. The van der Waals surface area contributed by atoms with E-state index >= 15 is 0 Å². The van der Waals surface area contributed by atoms with Crippen LogP contribution < -0.4 is 5.32 Å². The summed E-state index contributed by atoms with van der Waals surface area (Å²) in [6.07, 6.45) is 2.85. The molecule has 98 valence electrons. The molecule has 0 aromatic heterocycles. The van der Waals surface area contributed by atoms with Gasteiger partial charge in [-0.25, -0.2) is 0 Å². The monoisotopic (exact) mass is 266 g/mol. The van der Waals surface area contributed by atoms with Crippen molar-refractivity contribution in [1.29, 1.82) is 0 Å². The van der Waals surface area contributed by atoms with Gasteiger partial charge in [0.25, 0.3) is 0 Å². The maximum atomic E-state index is 12.1. The lowest BCUT2D eigenvalue weighted by molar-refractivity contribution is -0.132. The number of carbonyl (C=O) groups is 1. The minimum atomic E-state index is 0.238. The first-order valence-corrected chi connectivity index (χ1v) is 6.77. The van der Waals surface area contributed by atoms with Crippen LogP contribution in [0.2, 0.25) is 5.02 Å². The molecule has 2 rings (SSSR count). The first-order valence-electron chi connectivity index (χ1n) is 6.39. The number of rotatable bonds is 6. The fourth-order valence-electron chi connectivity index (χ4n) is 1.97. The highest BCUT2D eigenvalue weighted by Gasteiger charge is 2.31. The summed E-state index contributed by atoms with van der Waals surface area (Å²) < 4.78 is 0. The number of nitrogens with zero attached hydrogens (tertiary/aromatic N) is 1. The van der Waals surface area contributed by atoms with Crippen LogP contribution in [0, 0.1) is 0 Å². The van der Waals surface area contributed by atoms with Crippen LogP contribution in [0.3, 0.4) is 0 Å². The zero-order valence-electron chi connectivity index (χ0n) is 10.7. The molecule has 3 nitrogen and oxygen atoms in total. The van der Waals surface area contributed by atoms with Gasteiger partial charge in [-0.15, -0.1) is 0 Å². The van der Waals surface area contributed by atoms with Crippen LogP contribution in [-0.2, 0) is 11.3 Å². The summed E-state index contributed by atoms with van der Waals surface area (Å²) in [5, 5.41) is 3.75. The number of halogens is 1. The minimum absolute atomic E-state index is 0.238. The van der Waals surface area contributed by atoms with Crippen LogP contribution in [0.4, 0.5) is 0 Å². The molecule has 0 spiro atoms. The topological polar surface area (TPSA) is 32.3 Å². The molecule has 1 aromatic rings. The van der Waals surface area contributed by atoms with E-state index in [1.165, 1.54) is 0 Å². The molecule has 4 heteroatoms. The Hall–Kier alpha value is -1.06. The van der Waals surface area contributed by atoms with Crippen LogP contribution in [0.1, 0.15) is 24.8 Å². The Bertz CT molecular complexity index is 401. The first-order chi connectivity index (χ1) is 8.70. The second-order valence-electron chi connectivity index (χ2n) is 4.73. The van der Waals surface area contributed by atoms with Crippen molar-refractivity contribution < 1.29 is 4.79 Å². The van der Waals surface area contributed by atoms with Gasteiger partial charge in [-0.2, -0.15) is 0 Å². The summed E-state index contributed by atoms with van der Waals surface area (Å²) in [6, 6.07) is 8.18. The molecule has 1 amide bonds. The Balaban J connectivity index is 1.97. The Morgan fingerprint density at radius 3 is 2.61 bits per heavy atom. The van der Waals surface area contributed by atoms with Crippen LogP contribution in [0.5, 0.6) is 0 Å². The number of carbonyl (C=O) groups excluding carboxylic acids is 1. The van der Waals surface area contributed by atoms with E-state index in [4.69, 9.17) is 11.6 Å². The van der Waals surface area contributed by atoms with E-state index in [1.807, 2.05) is 36.2 Å². The summed E-state index contributed by atoms with van der Waals surface area (Å²) in [6.45, 7) is 1.44. The quantitative estimate of drug-likeness (QED) is 0.858. The molecule has 1 saturated carbocycles. The van der Waals surface area contributed by atoms with Gasteiger partial charge in [0.05, 0.1) is 0 Å². The maximum Gasteiger partial charge on any atom is 0.224 e. The highest BCUT2D eigenvalue weighted by molar-refractivity contribution is 6.30. The Labute approximate surface area is 113 Å². The lowest BCUT2D eigenvalue weighted by Gasteiger charge is -2.22. The fraction of sp³-hybridized carbons (Fsp3) is 0.500. The number of amides is 1. The van der Waals surface area contributed by atoms with E-state index in [0.29, 0.717) is 19.0 Å². The number of nitrogens with one attached hydrogen (secondary N) is 1. The van der Waals surface area contributed by atoms with E-state index in [-0.39, 0.29) is 5.91 Å². The van der Waals surface area contributed by atoms with Crippen LogP contribution in [-0.4, -0.2) is 30.4 Å². The van der Waals surface area contributed by atoms with Crippen molar-refractivity contribution in [3.8, 4) is 0 Å². The van der Waals surface area contributed by atoms with E-state index < -0.39 is 0 Å². The molecule has 18 heavy (non-hydrogen) atoms.